The lowest BCUT2D eigenvalue weighted by Gasteiger charge is -2.10. The molecule has 0 saturated heterocycles. The van der Waals surface area contributed by atoms with E-state index in [1.165, 1.54) is 0 Å². The number of rotatable bonds is 6. The minimum atomic E-state index is 0.351. The zero-order chi connectivity index (χ0) is 32.9. The number of pyridine rings is 3. The number of nitrogens with zero attached hydrogens (tertiary/aromatic N) is 9. The summed E-state index contributed by atoms with van der Waals surface area (Å²) >= 11 is 0. The van der Waals surface area contributed by atoms with Crippen LogP contribution >= 0.6 is 0 Å². The van der Waals surface area contributed by atoms with Crippen LogP contribution in [-0.2, 0) is 0 Å². The van der Waals surface area contributed by atoms with Crippen molar-refractivity contribution in [1.29, 1.82) is 15.8 Å². The molecular formula is C39H21N9. The topological polar surface area (TPSA) is 149 Å². The third-order valence-electron chi connectivity index (χ3n) is 7.69. The molecule has 0 saturated carbocycles. The molecule has 0 unspecified atom stereocenters. The molecule has 0 spiro atoms. The summed E-state index contributed by atoms with van der Waals surface area (Å²) in [6.07, 6.45) is 4.87. The zero-order valence-electron chi connectivity index (χ0n) is 25.1. The van der Waals surface area contributed by atoms with Gasteiger partial charge in [-0.15, -0.1) is 0 Å². The van der Waals surface area contributed by atoms with Gasteiger partial charge < -0.3 is 0 Å². The highest BCUT2D eigenvalue weighted by molar-refractivity contribution is 5.74. The van der Waals surface area contributed by atoms with Crippen molar-refractivity contribution < 1.29 is 0 Å². The van der Waals surface area contributed by atoms with Crippen LogP contribution in [0.1, 0.15) is 17.1 Å². The van der Waals surface area contributed by atoms with E-state index >= 15 is 0 Å². The number of aromatic nitrogens is 6. The third kappa shape index (κ3) is 6.09. The molecule has 0 aliphatic carbocycles. The SMILES string of the molecule is N#Cc1cc(-c2ccc(-c3nc(-c4ccc(-c5ccnc(C#N)c5)cc4)nc(-c4ccc(-c5ccnc(C#N)c5)cc4)n3)cc2)ccn1. The summed E-state index contributed by atoms with van der Waals surface area (Å²) in [5.41, 5.74) is 8.92. The molecular weight excluding hydrogens is 594 g/mol. The smallest absolute Gasteiger partial charge is 0.164 e. The van der Waals surface area contributed by atoms with Gasteiger partial charge in [-0.2, -0.15) is 15.8 Å². The predicted octanol–water partition coefficient (Wildman–Crippen LogP) is 7.67. The summed E-state index contributed by atoms with van der Waals surface area (Å²) in [4.78, 5) is 26.8. The second-order valence-electron chi connectivity index (χ2n) is 10.7. The lowest BCUT2D eigenvalue weighted by atomic mass is 10.0. The van der Waals surface area contributed by atoms with Gasteiger partial charge in [0.1, 0.15) is 35.3 Å². The minimum Gasteiger partial charge on any atom is -0.246 e. The Morgan fingerprint density at radius 2 is 0.562 bits per heavy atom. The summed E-state index contributed by atoms with van der Waals surface area (Å²) < 4.78 is 0. The Balaban J connectivity index is 1.28. The first-order valence-electron chi connectivity index (χ1n) is 14.8. The molecule has 0 fully saturated rings. The van der Waals surface area contributed by atoms with Crippen molar-refractivity contribution in [2.75, 3.05) is 0 Å². The maximum absolute atomic E-state index is 9.27. The molecule has 4 aromatic heterocycles. The molecule has 9 heteroatoms. The zero-order valence-corrected chi connectivity index (χ0v) is 25.1. The Bertz CT molecular complexity index is 2130. The lowest BCUT2D eigenvalue weighted by Crippen LogP contribution is -2.00. The van der Waals surface area contributed by atoms with Crippen molar-refractivity contribution in [2.45, 2.75) is 0 Å². The van der Waals surface area contributed by atoms with Gasteiger partial charge in [0.05, 0.1) is 0 Å². The van der Waals surface area contributed by atoms with Gasteiger partial charge in [0.2, 0.25) is 0 Å². The van der Waals surface area contributed by atoms with Crippen molar-refractivity contribution in [1.82, 2.24) is 29.9 Å². The van der Waals surface area contributed by atoms with Gasteiger partial charge >= 0.3 is 0 Å². The fourth-order valence-corrected chi connectivity index (χ4v) is 5.21. The van der Waals surface area contributed by atoms with E-state index in [1.54, 1.807) is 36.8 Å². The predicted molar refractivity (Wildman–Crippen MR) is 180 cm³/mol. The molecule has 4 heterocycles. The maximum Gasteiger partial charge on any atom is 0.164 e. The summed E-state index contributed by atoms with van der Waals surface area (Å²) in [5.74, 6) is 1.51. The molecule has 0 N–H and O–H groups in total. The largest absolute Gasteiger partial charge is 0.246 e. The van der Waals surface area contributed by atoms with E-state index in [-0.39, 0.29) is 0 Å². The molecule has 3 aromatic carbocycles. The van der Waals surface area contributed by atoms with E-state index in [0.29, 0.717) is 34.6 Å². The van der Waals surface area contributed by atoms with Gasteiger partial charge in [-0.3, -0.25) is 0 Å². The van der Waals surface area contributed by atoms with Crippen LogP contribution in [0.3, 0.4) is 0 Å². The monoisotopic (exact) mass is 615 g/mol. The van der Waals surface area contributed by atoms with Crippen molar-refractivity contribution >= 4 is 0 Å². The highest BCUT2D eigenvalue weighted by Crippen LogP contribution is 2.30. The van der Waals surface area contributed by atoms with Crippen molar-refractivity contribution in [2.24, 2.45) is 0 Å². The average Bonchev–Trinajstić information content (AvgIpc) is 3.18. The first kappa shape index (κ1) is 29.3. The van der Waals surface area contributed by atoms with E-state index in [2.05, 4.69) is 33.2 Å². The van der Waals surface area contributed by atoms with Gasteiger partial charge in [0.15, 0.2) is 17.5 Å². The van der Waals surface area contributed by atoms with Crippen LogP contribution in [0.5, 0.6) is 0 Å². The Kier molecular flexibility index (Phi) is 7.88. The second-order valence-corrected chi connectivity index (χ2v) is 10.7. The Labute approximate surface area is 275 Å². The van der Waals surface area contributed by atoms with E-state index in [1.807, 2.05) is 91.0 Å². The Hall–Kier alpha value is -7.41. The van der Waals surface area contributed by atoms with Crippen LogP contribution in [-0.4, -0.2) is 29.9 Å². The molecule has 0 bridgehead atoms. The normalized spacial score (nSPS) is 10.4. The molecule has 222 valence electrons. The number of hydrogen-bond acceptors (Lipinski definition) is 9. The summed E-state index contributed by atoms with van der Waals surface area (Å²) in [6, 6.07) is 40.6. The summed E-state index contributed by atoms with van der Waals surface area (Å²) in [7, 11) is 0. The fourth-order valence-electron chi connectivity index (χ4n) is 5.21. The molecule has 0 atom stereocenters. The van der Waals surface area contributed by atoms with Crippen molar-refractivity contribution in [3.8, 4) is 85.8 Å². The number of benzene rings is 3. The molecule has 0 aliphatic rings. The van der Waals surface area contributed by atoms with Crippen LogP contribution in [0.4, 0.5) is 0 Å². The van der Waals surface area contributed by atoms with E-state index in [0.717, 1.165) is 50.1 Å². The minimum absolute atomic E-state index is 0.351. The van der Waals surface area contributed by atoms with Crippen molar-refractivity contribution in [3.63, 3.8) is 0 Å². The van der Waals surface area contributed by atoms with Gasteiger partial charge in [0.25, 0.3) is 0 Å². The Morgan fingerprint density at radius 1 is 0.312 bits per heavy atom. The summed E-state index contributed by atoms with van der Waals surface area (Å²) in [6.45, 7) is 0. The first-order valence-corrected chi connectivity index (χ1v) is 14.8. The van der Waals surface area contributed by atoms with Crippen molar-refractivity contribution in [3.05, 3.63) is 145 Å². The molecule has 9 nitrogen and oxygen atoms in total. The van der Waals surface area contributed by atoms with Crippen LogP contribution in [0.25, 0.3) is 67.5 Å². The van der Waals surface area contributed by atoms with Gasteiger partial charge in [-0.25, -0.2) is 29.9 Å². The average molecular weight is 616 g/mol. The highest BCUT2D eigenvalue weighted by Gasteiger charge is 2.14. The highest BCUT2D eigenvalue weighted by atomic mass is 15.0. The van der Waals surface area contributed by atoms with E-state index in [9.17, 15) is 15.8 Å². The second kappa shape index (κ2) is 12.9. The molecule has 0 amide bonds. The third-order valence-corrected chi connectivity index (χ3v) is 7.69. The summed E-state index contributed by atoms with van der Waals surface area (Å²) in [5, 5.41) is 27.8. The fraction of sp³-hybridized carbons (Fsp3) is 0. The molecule has 48 heavy (non-hydrogen) atoms. The molecule has 0 aliphatic heterocycles. The molecule has 7 aromatic rings. The van der Waals surface area contributed by atoms with Gasteiger partial charge in [-0.1, -0.05) is 72.8 Å². The van der Waals surface area contributed by atoms with Crippen LogP contribution in [0.15, 0.2) is 128 Å². The van der Waals surface area contributed by atoms with E-state index in [4.69, 9.17) is 15.0 Å². The Morgan fingerprint density at radius 3 is 0.812 bits per heavy atom. The van der Waals surface area contributed by atoms with Crippen LogP contribution < -0.4 is 0 Å². The maximum atomic E-state index is 9.27. The van der Waals surface area contributed by atoms with Gasteiger partial charge in [-0.05, 0) is 69.8 Å². The number of hydrogen-bond donors (Lipinski definition) is 0. The molecule has 0 radical (unpaired) electrons. The number of nitriles is 3. The first-order chi connectivity index (χ1) is 23.6. The van der Waals surface area contributed by atoms with E-state index < -0.39 is 0 Å². The van der Waals surface area contributed by atoms with Crippen LogP contribution in [0.2, 0.25) is 0 Å². The van der Waals surface area contributed by atoms with Crippen LogP contribution in [0, 0.1) is 34.0 Å². The standard InChI is InChI=1S/C39H21N9/c40-22-34-19-31(13-16-43-34)25-1-7-28(8-2-25)37-46-38(29-9-3-26(4-10-29)32-14-17-44-35(20-32)23-41)48-39(47-37)30-11-5-27(6-12-30)33-15-18-45-36(21-33)24-42/h1-21H. The van der Waals surface area contributed by atoms with Gasteiger partial charge in [0, 0.05) is 35.3 Å². The molecule has 7 rings (SSSR count). The quantitative estimate of drug-likeness (QED) is 0.184. The lowest BCUT2D eigenvalue weighted by molar-refractivity contribution is 1.07.